The fourth-order valence-electron chi connectivity index (χ4n) is 3.92. The first-order valence-electron chi connectivity index (χ1n) is 10.4. The Hall–Kier alpha value is -3.79. The second kappa shape index (κ2) is 8.92. The Kier molecular flexibility index (Phi) is 5.89. The summed E-state index contributed by atoms with van der Waals surface area (Å²) in [6.45, 7) is 2.71. The van der Waals surface area contributed by atoms with Crippen molar-refractivity contribution in [3.05, 3.63) is 102 Å². The summed E-state index contributed by atoms with van der Waals surface area (Å²) in [6.07, 6.45) is 0.840. The van der Waals surface area contributed by atoms with Gasteiger partial charge in [0, 0.05) is 17.9 Å². The molecule has 0 radical (unpaired) electrons. The van der Waals surface area contributed by atoms with Gasteiger partial charge in [-0.2, -0.15) is 0 Å². The first kappa shape index (κ1) is 20.5. The van der Waals surface area contributed by atoms with Crippen LogP contribution in [0.25, 0.3) is 22.4 Å². The van der Waals surface area contributed by atoms with Crippen LogP contribution in [-0.2, 0) is 13.0 Å². The van der Waals surface area contributed by atoms with Gasteiger partial charge in [-0.15, -0.1) is 0 Å². The summed E-state index contributed by atoms with van der Waals surface area (Å²) < 4.78 is 7.43. The van der Waals surface area contributed by atoms with Crippen molar-refractivity contribution in [3.8, 4) is 28.1 Å². The second-order valence-electron chi connectivity index (χ2n) is 7.59. The van der Waals surface area contributed by atoms with Gasteiger partial charge in [-0.25, -0.2) is 0 Å². The number of ether oxygens (including phenoxy) is 1. The van der Waals surface area contributed by atoms with E-state index in [1.54, 1.807) is 7.11 Å². The molecule has 2 N–H and O–H groups in total. The van der Waals surface area contributed by atoms with Gasteiger partial charge in [-0.05, 0) is 53.8 Å². The van der Waals surface area contributed by atoms with Gasteiger partial charge in [0.2, 0.25) is 0 Å². The molecule has 1 amide bonds. The van der Waals surface area contributed by atoms with Crippen LogP contribution in [0, 0.1) is 6.92 Å². The summed E-state index contributed by atoms with van der Waals surface area (Å²) in [6, 6.07) is 28.7. The highest BCUT2D eigenvalue weighted by atomic mass is 16.5. The molecular weight excluding hydrogens is 384 g/mol. The Morgan fingerprint density at radius 1 is 0.871 bits per heavy atom. The number of methoxy groups -OCH3 is 1. The molecule has 0 spiro atoms. The van der Waals surface area contributed by atoms with E-state index in [2.05, 4.69) is 53.1 Å². The summed E-state index contributed by atoms with van der Waals surface area (Å²) in [5, 5.41) is 0. The summed E-state index contributed by atoms with van der Waals surface area (Å²) in [5.74, 6) is 0.443. The number of hydrogen-bond donors (Lipinski definition) is 1. The van der Waals surface area contributed by atoms with Gasteiger partial charge >= 0.3 is 0 Å². The van der Waals surface area contributed by atoms with Crippen LogP contribution in [0.1, 0.15) is 21.6 Å². The van der Waals surface area contributed by atoms with E-state index in [4.69, 9.17) is 10.5 Å². The van der Waals surface area contributed by atoms with E-state index < -0.39 is 5.91 Å². The van der Waals surface area contributed by atoms with E-state index in [1.807, 2.05) is 43.3 Å². The Morgan fingerprint density at radius 3 is 2.10 bits per heavy atom. The number of carbonyl (C=O) groups is 1. The number of rotatable bonds is 7. The van der Waals surface area contributed by atoms with Gasteiger partial charge in [0.05, 0.1) is 12.7 Å². The average Bonchev–Trinajstić information content (AvgIpc) is 3.15. The zero-order chi connectivity index (χ0) is 21.8. The molecule has 0 atom stereocenters. The van der Waals surface area contributed by atoms with Crippen LogP contribution in [0.5, 0.6) is 5.75 Å². The first-order valence-corrected chi connectivity index (χ1v) is 10.4. The highest BCUT2D eigenvalue weighted by Crippen LogP contribution is 2.29. The largest absolute Gasteiger partial charge is 0.497 e. The standard InChI is InChI=1S/C27H26N2O2/c1-19-25(27(28)30)18-26(29(19)17-16-20-8-14-24(31-2)15-9-20)23-12-10-22(11-13-23)21-6-4-3-5-7-21/h3-15,18H,16-17H2,1-2H3,(H2,28,30). The molecule has 1 heterocycles. The maximum Gasteiger partial charge on any atom is 0.250 e. The molecule has 4 heteroatoms. The molecule has 0 aliphatic heterocycles. The lowest BCUT2D eigenvalue weighted by Gasteiger charge is -2.13. The van der Waals surface area contributed by atoms with Crippen molar-refractivity contribution >= 4 is 5.91 Å². The molecule has 0 saturated heterocycles. The predicted molar refractivity (Wildman–Crippen MR) is 125 cm³/mol. The van der Waals surface area contributed by atoms with Crippen molar-refractivity contribution < 1.29 is 9.53 Å². The fourth-order valence-corrected chi connectivity index (χ4v) is 3.92. The van der Waals surface area contributed by atoms with E-state index >= 15 is 0 Å². The quantitative estimate of drug-likeness (QED) is 0.438. The lowest BCUT2D eigenvalue weighted by molar-refractivity contribution is 0.0999. The number of primary amides is 1. The SMILES string of the molecule is COc1ccc(CCn2c(-c3ccc(-c4ccccc4)cc3)cc(C(N)=O)c2C)cc1. The van der Waals surface area contributed by atoms with Crippen molar-refractivity contribution in [1.82, 2.24) is 4.57 Å². The smallest absolute Gasteiger partial charge is 0.250 e. The van der Waals surface area contributed by atoms with E-state index in [0.29, 0.717) is 5.56 Å². The lowest BCUT2D eigenvalue weighted by Crippen LogP contribution is -2.13. The molecule has 156 valence electrons. The number of hydrogen-bond acceptors (Lipinski definition) is 2. The van der Waals surface area contributed by atoms with Gasteiger partial charge in [0.25, 0.3) is 5.91 Å². The molecule has 4 aromatic rings. The number of nitrogens with two attached hydrogens (primary N) is 1. The number of amides is 1. The second-order valence-corrected chi connectivity index (χ2v) is 7.59. The number of benzene rings is 3. The van der Waals surface area contributed by atoms with Crippen LogP contribution in [0.3, 0.4) is 0 Å². The zero-order valence-electron chi connectivity index (χ0n) is 17.8. The van der Waals surface area contributed by atoms with Crippen LogP contribution >= 0.6 is 0 Å². The third-order valence-electron chi connectivity index (χ3n) is 5.70. The highest BCUT2D eigenvalue weighted by Gasteiger charge is 2.17. The summed E-state index contributed by atoms with van der Waals surface area (Å²) in [4.78, 5) is 12.0. The molecule has 3 aromatic carbocycles. The fraction of sp³-hybridized carbons (Fsp3) is 0.148. The average molecular weight is 411 g/mol. The minimum Gasteiger partial charge on any atom is -0.497 e. The van der Waals surface area contributed by atoms with Gasteiger partial charge in [-0.1, -0.05) is 66.7 Å². The third kappa shape index (κ3) is 4.38. The molecule has 4 rings (SSSR count). The van der Waals surface area contributed by atoms with Crippen LogP contribution in [-0.4, -0.2) is 17.6 Å². The molecule has 0 fully saturated rings. The minimum absolute atomic E-state index is 0.400. The van der Waals surface area contributed by atoms with E-state index in [9.17, 15) is 4.79 Å². The van der Waals surface area contributed by atoms with Crippen molar-refractivity contribution in [2.75, 3.05) is 7.11 Å². The highest BCUT2D eigenvalue weighted by molar-refractivity contribution is 5.95. The van der Waals surface area contributed by atoms with Crippen molar-refractivity contribution in [2.45, 2.75) is 19.9 Å². The monoisotopic (exact) mass is 410 g/mol. The maximum absolute atomic E-state index is 12.0. The summed E-state index contributed by atoms with van der Waals surface area (Å²) in [7, 11) is 1.67. The van der Waals surface area contributed by atoms with E-state index in [0.717, 1.165) is 41.2 Å². The number of aryl methyl sites for hydroxylation is 1. The number of nitrogens with zero attached hydrogens (tertiary/aromatic N) is 1. The van der Waals surface area contributed by atoms with Gasteiger partial charge in [0.1, 0.15) is 5.75 Å². The van der Waals surface area contributed by atoms with Crippen LogP contribution < -0.4 is 10.5 Å². The number of carbonyl (C=O) groups excluding carboxylic acids is 1. The topological polar surface area (TPSA) is 57.2 Å². The molecule has 0 aliphatic carbocycles. The van der Waals surface area contributed by atoms with Crippen molar-refractivity contribution in [2.24, 2.45) is 5.73 Å². The normalized spacial score (nSPS) is 10.8. The van der Waals surface area contributed by atoms with Gasteiger partial charge in [-0.3, -0.25) is 4.79 Å². The summed E-state index contributed by atoms with van der Waals surface area (Å²) in [5.41, 5.74) is 12.7. The predicted octanol–water partition coefficient (Wildman–Crippen LogP) is 5.48. The van der Waals surface area contributed by atoms with Crippen LogP contribution in [0.2, 0.25) is 0 Å². The van der Waals surface area contributed by atoms with Crippen LogP contribution in [0.15, 0.2) is 84.9 Å². The Balaban J connectivity index is 1.65. The minimum atomic E-state index is -0.400. The molecule has 0 bridgehead atoms. The van der Waals surface area contributed by atoms with E-state index in [1.165, 1.54) is 11.1 Å². The van der Waals surface area contributed by atoms with Gasteiger partial charge < -0.3 is 15.0 Å². The molecule has 4 nitrogen and oxygen atoms in total. The molecule has 0 unspecified atom stereocenters. The first-order chi connectivity index (χ1) is 15.1. The molecular formula is C27H26N2O2. The van der Waals surface area contributed by atoms with Crippen LogP contribution in [0.4, 0.5) is 0 Å². The zero-order valence-corrected chi connectivity index (χ0v) is 17.8. The van der Waals surface area contributed by atoms with E-state index in [-0.39, 0.29) is 0 Å². The Morgan fingerprint density at radius 2 is 1.48 bits per heavy atom. The Labute approximate surface area is 182 Å². The molecule has 0 aliphatic rings. The Bertz CT molecular complexity index is 1170. The number of aromatic nitrogens is 1. The summed E-state index contributed by atoms with van der Waals surface area (Å²) >= 11 is 0. The lowest BCUT2D eigenvalue weighted by atomic mass is 10.0. The maximum atomic E-state index is 12.0. The molecule has 1 aromatic heterocycles. The van der Waals surface area contributed by atoms with Gasteiger partial charge in [0.15, 0.2) is 0 Å². The van der Waals surface area contributed by atoms with Crippen molar-refractivity contribution in [1.29, 1.82) is 0 Å². The van der Waals surface area contributed by atoms with Crippen molar-refractivity contribution in [3.63, 3.8) is 0 Å². The molecule has 0 saturated carbocycles. The third-order valence-corrected chi connectivity index (χ3v) is 5.70. The molecule has 31 heavy (non-hydrogen) atoms.